The average molecular weight is 370 g/mol. The quantitative estimate of drug-likeness (QED) is 0.787. The molecule has 24 heavy (non-hydrogen) atoms. The van der Waals surface area contributed by atoms with Gasteiger partial charge in [0.1, 0.15) is 0 Å². The Labute approximate surface area is 149 Å². The van der Waals surface area contributed by atoms with Crippen molar-refractivity contribution in [3.63, 3.8) is 0 Å². The van der Waals surface area contributed by atoms with Crippen molar-refractivity contribution in [2.24, 2.45) is 0 Å². The second-order valence-corrected chi connectivity index (χ2v) is 6.09. The van der Waals surface area contributed by atoms with Crippen molar-refractivity contribution in [1.82, 2.24) is 5.32 Å². The fourth-order valence-electron chi connectivity index (χ4n) is 2.81. The Morgan fingerprint density at radius 3 is 2.42 bits per heavy atom. The number of halogens is 2. The molecule has 1 atom stereocenters. The lowest BCUT2D eigenvalue weighted by molar-refractivity contribution is -0.138. The van der Waals surface area contributed by atoms with Crippen LogP contribution in [0.1, 0.15) is 32.3 Å². The third kappa shape index (κ3) is 3.28. The van der Waals surface area contributed by atoms with Gasteiger partial charge < -0.3 is 15.2 Å². The maximum atomic E-state index is 12.5. The molecule has 0 fully saturated rings. The van der Waals surface area contributed by atoms with Gasteiger partial charge in [-0.05, 0) is 32.4 Å². The number of hydrogen-bond acceptors (Lipinski definition) is 4. The summed E-state index contributed by atoms with van der Waals surface area (Å²) in [6, 6.07) is 4.93. The molecule has 2 rings (SSSR count). The number of rotatable bonds is 4. The molecule has 0 radical (unpaired) electrons. The number of ether oxygens (including phenoxy) is 1. The molecule has 0 amide bonds. The highest BCUT2D eigenvalue weighted by molar-refractivity contribution is 6.42. The molecule has 1 aromatic carbocycles. The molecule has 7 heteroatoms. The van der Waals surface area contributed by atoms with Gasteiger partial charge in [-0.15, -0.1) is 0 Å². The molecule has 0 saturated carbocycles. The van der Waals surface area contributed by atoms with E-state index in [0.29, 0.717) is 17.0 Å². The summed E-state index contributed by atoms with van der Waals surface area (Å²) >= 11 is 12.4. The molecule has 0 aromatic heterocycles. The van der Waals surface area contributed by atoms with E-state index in [1.54, 1.807) is 39.0 Å². The van der Waals surface area contributed by atoms with Crippen molar-refractivity contribution in [3.05, 3.63) is 56.3 Å². The van der Waals surface area contributed by atoms with Gasteiger partial charge in [0.25, 0.3) is 0 Å². The van der Waals surface area contributed by atoms with E-state index in [4.69, 9.17) is 27.9 Å². The second kappa shape index (κ2) is 7.28. The summed E-state index contributed by atoms with van der Waals surface area (Å²) in [7, 11) is 0. The van der Waals surface area contributed by atoms with Crippen LogP contribution in [0.4, 0.5) is 0 Å². The zero-order valence-corrected chi connectivity index (χ0v) is 15.0. The Kier molecular flexibility index (Phi) is 5.57. The van der Waals surface area contributed by atoms with Crippen LogP contribution >= 0.6 is 23.2 Å². The Hall–Kier alpha value is -1.98. The van der Waals surface area contributed by atoms with Gasteiger partial charge in [-0.3, -0.25) is 0 Å². The van der Waals surface area contributed by atoms with E-state index in [1.165, 1.54) is 0 Å². The van der Waals surface area contributed by atoms with E-state index in [-0.39, 0.29) is 27.8 Å². The molecular formula is C17H17Cl2NO4. The van der Waals surface area contributed by atoms with Crippen molar-refractivity contribution in [1.29, 1.82) is 0 Å². The standard InChI is InChI=1S/C17H17Cl2NO4/c1-4-24-17(23)13-9(3)20-8(2)12(16(21)22)14(13)10-6-5-7-11(18)15(10)19/h5-7,14,20H,4H2,1-3H3,(H,21,22)/t14-/m0/s1. The zero-order valence-electron chi connectivity index (χ0n) is 13.4. The van der Waals surface area contributed by atoms with Crippen molar-refractivity contribution in [2.45, 2.75) is 26.7 Å². The van der Waals surface area contributed by atoms with Crippen LogP contribution in [0.5, 0.6) is 0 Å². The molecule has 1 aliphatic heterocycles. The molecule has 0 bridgehead atoms. The van der Waals surface area contributed by atoms with Crippen molar-refractivity contribution < 1.29 is 19.4 Å². The Morgan fingerprint density at radius 1 is 1.21 bits per heavy atom. The minimum atomic E-state index is -1.14. The van der Waals surface area contributed by atoms with Crippen molar-refractivity contribution in [2.75, 3.05) is 6.61 Å². The van der Waals surface area contributed by atoms with Gasteiger partial charge in [-0.1, -0.05) is 35.3 Å². The maximum Gasteiger partial charge on any atom is 0.336 e. The van der Waals surface area contributed by atoms with Crippen LogP contribution in [-0.4, -0.2) is 23.7 Å². The van der Waals surface area contributed by atoms with Gasteiger partial charge in [-0.2, -0.15) is 0 Å². The van der Waals surface area contributed by atoms with Gasteiger partial charge in [0.05, 0.1) is 33.7 Å². The van der Waals surface area contributed by atoms with Gasteiger partial charge in [-0.25, -0.2) is 9.59 Å². The van der Waals surface area contributed by atoms with Crippen LogP contribution in [0, 0.1) is 0 Å². The van der Waals surface area contributed by atoms with E-state index in [0.717, 1.165) is 0 Å². The van der Waals surface area contributed by atoms with E-state index in [2.05, 4.69) is 5.32 Å². The molecule has 0 unspecified atom stereocenters. The Balaban J connectivity index is 2.73. The monoisotopic (exact) mass is 369 g/mol. The van der Waals surface area contributed by atoms with Crippen molar-refractivity contribution in [3.8, 4) is 0 Å². The van der Waals surface area contributed by atoms with Gasteiger partial charge in [0, 0.05) is 11.4 Å². The smallest absolute Gasteiger partial charge is 0.336 e. The number of esters is 1. The number of carboxylic acids is 1. The number of carbonyl (C=O) groups is 2. The molecule has 0 aliphatic carbocycles. The summed E-state index contributed by atoms with van der Waals surface area (Å²) in [6.45, 7) is 5.20. The fourth-order valence-corrected chi connectivity index (χ4v) is 3.23. The van der Waals surface area contributed by atoms with E-state index >= 15 is 0 Å². The normalized spacial score (nSPS) is 17.6. The van der Waals surface area contributed by atoms with E-state index in [9.17, 15) is 14.7 Å². The molecule has 0 saturated heterocycles. The molecule has 128 valence electrons. The van der Waals surface area contributed by atoms with Crippen molar-refractivity contribution >= 4 is 35.1 Å². The third-order valence-electron chi connectivity index (χ3n) is 3.78. The minimum Gasteiger partial charge on any atom is -0.478 e. The highest BCUT2D eigenvalue weighted by atomic mass is 35.5. The fraction of sp³-hybridized carbons (Fsp3) is 0.294. The van der Waals surface area contributed by atoms with Crippen LogP contribution in [0.25, 0.3) is 0 Å². The molecule has 1 aliphatic rings. The number of dihydropyridines is 1. The largest absolute Gasteiger partial charge is 0.478 e. The Morgan fingerprint density at radius 2 is 1.83 bits per heavy atom. The van der Waals surface area contributed by atoms with Gasteiger partial charge >= 0.3 is 11.9 Å². The third-order valence-corrected chi connectivity index (χ3v) is 4.61. The molecule has 2 N–H and O–H groups in total. The lowest BCUT2D eigenvalue weighted by Crippen LogP contribution is -2.32. The van der Waals surface area contributed by atoms with Gasteiger partial charge in [0.15, 0.2) is 0 Å². The highest BCUT2D eigenvalue weighted by Gasteiger charge is 2.38. The first-order chi connectivity index (χ1) is 11.3. The first-order valence-corrected chi connectivity index (χ1v) is 8.08. The lowest BCUT2D eigenvalue weighted by atomic mass is 9.80. The summed E-state index contributed by atoms with van der Waals surface area (Å²) in [5, 5.41) is 13.1. The summed E-state index contributed by atoms with van der Waals surface area (Å²) in [5.41, 5.74) is 1.66. The number of nitrogens with one attached hydrogen (secondary N) is 1. The van der Waals surface area contributed by atoms with Crippen LogP contribution in [0.3, 0.4) is 0 Å². The second-order valence-electron chi connectivity index (χ2n) is 5.30. The van der Waals surface area contributed by atoms with E-state index in [1.807, 2.05) is 0 Å². The number of carbonyl (C=O) groups excluding carboxylic acids is 1. The van der Waals surface area contributed by atoms with Crippen LogP contribution in [-0.2, 0) is 14.3 Å². The lowest BCUT2D eigenvalue weighted by Gasteiger charge is -2.30. The SMILES string of the molecule is CCOC(=O)C1=C(C)NC(C)=C(C(=O)O)[C@@H]1c1cccc(Cl)c1Cl. The first kappa shape index (κ1) is 18.4. The number of carboxylic acid groups (broad SMARTS) is 1. The summed E-state index contributed by atoms with van der Waals surface area (Å²) in [5.74, 6) is -2.60. The minimum absolute atomic E-state index is 0.0350. The van der Waals surface area contributed by atoms with E-state index < -0.39 is 17.9 Å². The summed E-state index contributed by atoms with van der Waals surface area (Å²) in [6.07, 6.45) is 0. The number of hydrogen-bond donors (Lipinski definition) is 2. The molecule has 1 heterocycles. The molecule has 0 spiro atoms. The van der Waals surface area contributed by atoms with Crippen LogP contribution in [0.2, 0.25) is 10.0 Å². The van der Waals surface area contributed by atoms with Crippen LogP contribution in [0.15, 0.2) is 40.7 Å². The number of allylic oxidation sites excluding steroid dienone is 2. The number of benzene rings is 1. The first-order valence-electron chi connectivity index (χ1n) is 7.32. The zero-order chi connectivity index (χ0) is 18.0. The molecule has 5 nitrogen and oxygen atoms in total. The van der Waals surface area contributed by atoms with Gasteiger partial charge in [0.2, 0.25) is 0 Å². The summed E-state index contributed by atoms with van der Waals surface area (Å²) < 4.78 is 5.11. The molecular weight excluding hydrogens is 353 g/mol. The number of aliphatic carboxylic acids is 1. The summed E-state index contributed by atoms with van der Waals surface area (Å²) in [4.78, 5) is 24.3. The average Bonchev–Trinajstić information content (AvgIpc) is 2.49. The van der Waals surface area contributed by atoms with Crippen LogP contribution < -0.4 is 5.32 Å². The predicted molar refractivity (Wildman–Crippen MR) is 92.0 cm³/mol. The topological polar surface area (TPSA) is 75.6 Å². The maximum absolute atomic E-state index is 12.5. The molecule has 1 aromatic rings. The highest BCUT2D eigenvalue weighted by Crippen LogP contribution is 2.43. The predicted octanol–water partition coefficient (Wildman–Crippen LogP) is 3.88. The Bertz CT molecular complexity index is 768.